The lowest BCUT2D eigenvalue weighted by molar-refractivity contribution is -0.155. The van der Waals surface area contributed by atoms with E-state index in [-0.39, 0.29) is 42.9 Å². The van der Waals surface area contributed by atoms with Crippen LogP contribution in [0, 0.1) is 11.8 Å². The lowest BCUT2D eigenvalue weighted by atomic mass is 9.70. The number of unbranched alkanes of at least 4 members (excludes halogenated alkanes) is 1. The molecule has 0 saturated carbocycles. The van der Waals surface area contributed by atoms with Crippen LogP contribution in [-0.4, -0.2) is 76.7 Å². The van der Waals surface area contributed by atoms with Crippen molar-refractivity contribution in [2.45, 2.75) is 41.8 Å². The van der Waals surface area contributed by atoms with Gasteiger partial charge in [0.2, 0.25) is 5.91 Å². The van der Waals surface area contributed by atoms with Crippen molar-refractivity contribution in [3.05, 3.63) is 54.6 Å². The Hall–Kier alpha value is -2.20. The van der Waals surface area contributed by atoms with Gasteiger partial charge in [0.15, 0.2) is 0 Å². The van der Waals surface area contributed by atoms with Crippen molar-refractivity contribution in [3.8, 4) is 0 Å². The number of esters is 1. The third kappa shape index (κ3) is 4.51. The second-order valence-electron chi connectivity index (χ2n) is 9.23. The number of carbonyl (C=O) groups is 3. The molecule has 3 unspecified atom stereocenters. The molecule has 0 radical (unpaired) electrons. The molecule has 0 aromatic heterocycles. The van der Waals surface area contributed by atoms with Crippen LogP contribution in [0.25, 0.3) is 0 Å². The minimum absolute atomic E-state index is 0.0574. The fraction of sp³-hybridized carbons (Fsp3) is 0.500. The first-order valence-electron chi connectivity index (χ1n) is 12.0. The number of alkyl halides is 1. The molecule has 3 aliphatic rings. The molecule has 1 aromatic carbocycles. The van der Waals surface area contributed by atoms with E-state index in [1.54, 1.807) is 36.4 Å². The van der Waals surface area contributed by atoms with E-state index >= 15 is 0 Å². The zero-order valence-electron chi connectivity index (χ0n) is 19.9. The first-order valence-corrected chi connectivity index (χ1v) is 13.3. The zero-order valence-corrected chi connectivity index (χ0v) is 22.2. The van der Waals surface area contributed by atoms with E-state index in [4.69, 9.17) is 21.1 Å². The predicted molar refractivity (Wildman–Crippen MR) is 139 cm³/mol. The van der Waals surface area contributed by atoms with E-state index in [0.29, 0.717) is 30.0 Å². The monoisotopic (exact) mass is 580 g/mol. The Bertz CT molecular complexity index is 1040. The number of aliphatic hydroxyl groups is 1. The molecule has 1 aromatic rings. The molecular formula is C26H30BrClN2O6. The second-order valence-corrected chi connectivity index (χ2v) is 10.8. The van der Waals surface area contributed by atoms with Crippen LogP contribution in [-0.2, 0) is 23.9 Å². The summed E-state index contributed by atoms with van der Waals surface area (Å²) in [7, 11) is 0. The number of nitrogens with zero attached hydrogens (tertiary/aromatic N) is 2. The van der Waals surface area contributed by atoms with Crippen molar-refractivity contribution in [3.63, 3.8) is 0 Å². The number of fused-ring (bicyclic) bond motifs is 1. The molecule has 2 amide bonds. The number of benzene rings is 1. The van der Waals surface area contributed by atoms with Gasteiger partial charge in [-0.1, -0.05) is 39.7 Å². The summed E-state index contributed by atoms with van der Waals surface area (Å²) in [5, 5.41) is 10.3. The minimum atomic E-state index is -1.22. The van der Waals surface area contributed by atoms with Crippen LogP contribution >= 0.6 is 27.5 Å². The van der Waals surface area contributed by atoms with Gasteiger partial charge in [0.05, 0.1) is 31.2 Å². The van der Waals surface area contributed by atoms with E-state index < -0.39 is 35.6 Å². The Morgan fingerprint density at radius 2 is 2.03 bits per heavy atom. The second kappa shape index (κ2) is 11.0. The maximum atomic E-state index is 14.2. The summed E-state index contributed by atoms with van der Waals surface area (Å²) in [5.74, 6) is -2.98. The summed E-state index contributed by atoms with van der Waals surface area (Å²) in [6, 6.07) is 5.77. The average Bonchev–Trinajstić information content (AvgIpc) is 3.44. The highest BCUT2D eigenvalue weighted by Crippen LogP contribution is 2.60. The number of amides is 2. The molecule has 8 nitrogen and oxygen atoms in total. The summed E-state index contributed by atoms with van der Waals surface area (Å²) < 4.78 is 11.9. The highest BCUT2D eigenvalue weighted by Gasteiger charge is 2.77. The minimum Gasteiger partial charge on any atom is -0.465 e. The number of carbonyl (C=O) groups excluding carboxylic acids is 3. The Balaban J connectivity index is 1.70. The number of likely N-dealkylation sites (tertiary alicyclic amines) is 1. The van der Waals surface area contributed by atoms with Crippen molar-refractivity contribution in [1.82, 2.24) is 4.90 Å². The van der Waals surface area contributed by atoms with Gasteiger partial charge in [-0.15, -0.1) is 13.2 Å². The van der Waals surface area contributed by atoms with E-state index in [1.165, 1.54) is 9.80 Å². The number of aliphatic hydroxyl groups excluding tert-OH is 1. The number of rotatable bonds is 11. The van der Waals surface area contributed by atoms with E-state index in [0.717, 1.165) is 0 Å². The van der Waals surface area contributed by atoms with Gasteiger partial charge in [0.1, 0.15) is 11.6 Å². The number of β-amino-alcohol motifs (C(OH)–C–C–N with tert-alkyl or cyclic N) is 1. The van der Waals surface area contributed by atoms with E-state index in [9.17, 15) is 19.5 Å². The fourth-order valence-corrected chi connectivity index (χ4v) is 6.81. The average molecular weight is 582 g/mol. The lowest BCUT2D eigenvalue weighted by Gasteiger charge is -2.37. The van der Waals surface area contributed by atoms with Crippen molar-refractivity contribution < 1.29 is 29.0 Å². The third-order valence-electron chi connectivity index (χ3n) is 7.15. The van der Waals surface area contributed by atoms with Crippen LogP contribution in [0.2, 0.25) is 5.02 Å². The standard InChI is InChI=1S/C26H30BrClN2O6/c1-3-5-6-14-35-25(34)19-20-23(32)30(12-13-31)22(26(20)15-18(27)21(19)36-26)24(33)29(11-4-2)17-9-7-16(28)8-10-17/h3-4,7-10,18-22,31H,1-2,5-6,11-15H2/t18?,19-,20-,21-,22?,26?/m0/s1. The molecular weight excluding hydrogens is 552 g/mol. The molecule has 4 rings (SSSR count). The van der Waals surface area contributed by atoms with Crippen molar-refractivity contribution in [2.75, 3.05) is 31.2 Å². The maximum Gasteiger partial charge on any atom is 0.312 e. The zero-order chi connectivity index (χ0) is 26.0. The van der Waals surface area contributed by atoms with Crippen molar-refractivity contribution in [2.24, 2.45) is 11.8 Å². The van der Waals surface area contributed by atoms with Crippen molar-refractivity contribution >= 4 is 51.0 Å². The topological polar surface area (TPSA) is 96.4 Å². The lowest BCUT2D eigenvalue weighted by Crippen LogP contribution is -2.57. The predicted octanol–water partition coefficient (Wildman–Crippen LogP) is 3.11. The number of ether oxygens (including phenoxy) is 2. The molecule has 3 fully saturated rings. The van der Waals surface area contributed by atoms with Crippen LogP contribution in [0.3, 0.4) is 0 Å². The Morgan fingerprint density at radius 1 is 1.31 bits per heavy atom. The largest absolute Gasteiger partial charge is 0.465 e. The highest BCUT2D eigenvalue weighted by atomic mass is 79.9. The van der Waals surface area contributed by atoms with Crippen molar-refractivity contribution in [1.29, 1.82) is 0 Å². The summed E-state index contributed by atoms with van der Waals surface area (Å²) in [5.41, 5.74) is -0.639. The number of anilines is 1. The van der Waals surface area contributed by atoms with Gasteiger partial charge in [0.25, 0.3) is 5.91 Å². The van der Waals surface area contributed by atoms with Gasteiger partial charge in [-0.2, -0.15) is 0 Å². The molecule has 36 heavy (non-hydrogen) atoms. The summed E-state index contributed by atoms with van der Waals surface area (Å²) in [4.78, 5) is 43.7. The Morgan fingerprint density at radius 3 is 2.67 bits per heavy atom. The number of hydrogen-bond donors (Lipinski definition) is 1. The first-order chi connectivity index (χ1) is 17.3. The van der Waals surface area contributed by atoms with Crippen LogP contribution < -0.4 is 4.90 Å². The summed E-state index contributed by atoms with van der Waals surface area (Å²) in [6.07, 6.45) is 4.45. The van der Waals surface area contributed by atoms with Gasteiger partial charge in [-0.3, -0.25) is 14.4 Å². The molecule has 0 aliphatic carbocycles. The Kier molecular flexibility index (Phi) is 8.24. The Labute approximate surface area is 224 Å². The molecule has 6 atom stereocenters. The van der Waals surface area contributed by atoms with Gasteiger partial charge < -0.3 is 24.4 Å². The number of halogens is 2. The summed E-state index contributed by atoms with van der Waals surface area (Å²) in [6.45, 7) is 7.45. The smallest absolute Gasteiger partial charge is 0.312 e. The van der Waals surface area contributed by atoms with Crippen LogP contribution in [0.4, 0.5) is 5.69 Å². The van der Waals surface area contributed by atoms with Gasteiger partial charge in [0, 0.05) is 28.6 Å². The summed E-state index contributed by atoms with van der Waals surface area (Å²) >= 11 is 9.67. The molecule has 10 heteroatoms. The SMILES string of the molecule is C=CCCCOC(=O)[C@H]1[C@H]2C(=O)N(CCO)C(C(=O)N(CC=C)c3ccc(Cl)cc3)C23CC(Br)[C@@H]1O3. The van der Waals surface area contributed by atoms with Crippen LogP contribution in [0.1, 0.15) is 19.3 Å². The van der Waals surface area contributed by atoms with Crippen LogP contribution in [0.15, 0.2) is 49.6 Å². The number of hydrogen-bond acceptors (Lipinski definition) is 6. The van der Waals surface area contributed by atoms with Crippen LogP contribution in [0.5, 0.6) is 0 Å². The van der Waals surface area contributed by atoms with Gasteiger partial charge in [-0.25, -0.2) is 0 Å². The van der Waals surface area contributed by atoms with E-state index in [2.05, 4.69) is 29.1 Å². The normalized spacial score (nSPS) is 30.2. The molecule has 3 aliphatic heterocycles. The van der Waals surface area contributed by atoms with E-state index in [1.807, 2.05) is 0 Å². The molecule has 3 heterocycles. The molecule has 2 bridgehead atoms. The first kappa shape index (κ1) is 26.9. The molecule has 3 saturated heterocycles. The quantitative estimate of drug-likeness (QED) is 0.187. The maximum absolute atomic E-state index is 14.2. The molecule has 1 N–H and O–H groups in total. The molecule has 194 valence electrons. The van der Waals surface area contributed by atoms with Gasteiger partial charge >= 0.3 is 5.97 Å². The number of allylic oxidation sites excluding steroid dienone is 1. The van der Waals surface area contributed by atoms with Gasteiger partial charge in [-0.05, 0) is 43.5 Å². The molecule has 1 spiro atoms. The fourth-order valence-electron chi connectivity index (χ4n) is 5.74. The third-order valence-corrected chi connectivity index (χ3v) is 8.25. The highest BCUT2D eigenvalue weighted by molar-refractivity contribution is 9.09.